The van der Waals surface area contributed by atoms with E-state index in [2.05, 4.69) is 36.9 Å². The molecular weight excluding hydrogens is 348 g/mol. The van der Waals surface area contributed by atoms with Crippen LogP contribution in [0.1, 0.15) is 16.7 Å². The van der Waals surface area contributed by atoms with Crippen LogP contribution >= 0.6 is 0 Å². The fourth-order valence-corrected chi connectivity index (χ4v) is 4.79. The highest BCUT2D eigenvalue weighted by Crippen LogP contribution is 2.29. The van der Waals surface area contributed by atoms with Gasteiger partial charge in [-0.2, -0.15) is 4.31 Å². The van der Waals surface area contributed by atoms with Gasteiger partial charge in [0, 0.05) is 31.9 Å². The number of hydrogen-bond acceptors (Lipinski definition) is 4. The summed E-state index contributed by atoms with van der Waals surface area (Å²) in [4.78, 5) is 2.48. The molecule has 0 spiro atoms. The van der Waals surface area contributed by atoms with E-state index in [0.717, 1.165) is 11.3 Å². The molecule has 1 fully saturated rings. The second kappa shape index (κ2) is 7.29. The Hall–Kier alpha value is -2.05. The van der Waals surface area contributed by atoms with Gasteiger partial charge in [-0.25, -0.2) is 8.42 Å². The number of methoxy groups -OCH3 is 1. The van der Waals surface area contributed by atoms with E-state index in [0.29, 0.717) is 31.9 Å². The fraction of sp³-hybridized carbons (Fsp3) is 0.400. The molecule has 6 heteroatoms. The van der Waals surface area contributed by atoms with Gasteiger partial charge in [-0.3, -0.25) is 0 Å². The van der Waals surface area contributed by atoms with E-state index < -0.39 is 10.0 Å². The van der Waals surface area contributed by atoms with Crippen molar-refractivity contribution in [2.24, 2.45) is 0 Å². The summed E-state index contributed by atoms with van der Waals surface area (Å²) in [5.41, 5.74) is 4.64. The van der Waals surface area contributed by atoms with E-state index in [9.17, 15) is 8.42 Å². The molecule has 0 aromatic heterocycles. The molecule has 3 rings (SSSR count). The molecule has 1 heterocycles. The minimum absolute atomic E-state index is 0.241. The van der Waals surface area contributed by atoms with Gasteiger partial charge in [-0.1, -0.05) is 12.1 Å². The molecule has 0 radical (unpaired) electrons. The molecular formula is C20H26N2O3S. The largest absolute Gasteiger partial charge is 0.495 e. The van der Waals surface area contributed by atoms with Crippen LogP contribution in [0.4, 0.5) is 5.69 Å². The number of aryl methyl sites for hydroxylation is 3. The second-order valence-corrected chi connectivity index (χ2v) is 8.72. The zero-order valence-electron chi connectivity index (χ0n) is 15.8. The summed E-state index contributed by atoms with van der Waals surface area (Å²) in [5.74, 6) is 0.404. The number of hydrogen-bond donors (Lipinski definition) is 0. The molecule has 0 atom stereocenters. The Balaban J connectivity index is 1.77. The summed E-state index contributed by atoms with van der Waals surface area (Å²) in [5, 5.41) is 0. The lowest BCUT2D eigenvalue weighted by atomic mass is 10.1. The average molecular weight is 375 g/mol. The molecule has 0 saturated carbocycles. The maximum absolute atomic E-state index is 13.0. The van der Waals surface area contributed by atoms with Crippen molar-refractivity contribution in [1.82, 2.24) is 4.31 Å². The quantitative estimate of drug-likeness (QED) is 0.825. The van der Waals surface area contributed by atoms with Crippen molar-refractivity contribution in [3.05, 3.63) is 53.1 Å². The van der Waals surface area contributed by atoms with Crippen molar-refractivity contribution >= 4 is 15.7 Å². The van der Waals surface area contributed by atoms with Gasteiger partial charge in [0.05, 0.1) is 7.11 Å². The number of rotatable bonds is 4. The number of ether oxygens (including phenoxy) is 1. The third kappa shape index (κ3) is 3.57. The molecule has 2 aromatic rings. The molecule has 0 bridgehead atoms. The van der Waals surface area contributed by atoms with Gasteiger partial charge in [-0.15, -0.1) is 0 Å². The van der Waals surface area contributed by atoms with E-state index in [4.69, 9.17) is 4.74 Å². The fourth-order valence-electron chi connectivity index (χ4n) is 3.24. The summed E-state index contributed by atoms with van der Waals surface area (Å²) >= 11 is 0. The average Bonchev–Trinajstić information content (AvgIpc) is 2.63. The van der Waals surface area contributed by atoms with E-state index in [1.54, 1.807) is 22.5 Å². The van der Waals surface area contributed by atoms with Crippen LogP contribution in [-0.2, 0) is 10.0 Å². The Morgan fingerprint density at radius 1 is 0.885 bits per heavy atom. The third-order valence-electron chi connectivity index (χ3n) is 5.03. The Morgan fingerprint density at radius 2 is 1.58 bits per heavy atom. The van der Waals surface area contributed by atoms with Crippen LogP contribution in [0.5, 0.6) is 5.75 Å². The van der Waals surface area contributed by atoms with Gasteiger partial charge in [0.1, 0.15) is 10.6 Å². The van der Waals surface area contributed by atoms with Gasteiger partial charge in [-0.05, 0) is 61.7 Å². The minimum atomic E-state index is -3.56. The highest BCUT2D eigenvalue weighted by atomic mass is 32.2. The molecule has 1 aliphatic rings. The molecule has 1 saturated heterocycles. The van der Waals surface area contributed by atoms with Crippen molar-refractivity contribution in [1.29, 1.82) is 0 Å². The van der Waals surface area contributed by atoms with Gasteiger partial charge < -0.3 is 9.64 Å². The van der Waals surface area contributed by atoms with E-state index in [1.165, 1.54) is 18.2 Å². The lowest BCUT2D eigenvalue weighted by Crippen LogP contribution is -2.48. The lowest BCUT2D eigenvalue weighted by molar-refractivity contribution is 0.374. The first-order valence-corrected chi connectivity index (χ1v) is 10.2. The summed E-state index contributed by atoms with van der Waals surface area (Å²) < 4.78 is 33.0. The van der Waals surface area contributed by atoms with Crippen LogP contribution < -0.4 is 9.64 Å². The molecule has 1 aliphatic heterocycles. The first-order chi connectivity index (χ1) is 12.3. The van der Waals surface area contributed by atoms with Crippen LogP contribution in [-0.4, -0.2) is 46.0 Å². The highest BCUT2D eigenvalue weighted by molar-refractivity contribution is 7.89. The Labute approximate surface area is 156 Å². The van der Waals surface area contributed by atoms with Crippen molar-refractivity contribution in [2.75, 3.05) is 38.2 Å². The zero-order chi connectivity index (χ0) is 18.9. The Morgan fingerprint density at radius 3 is 2.19 bits per heavy atom. The van der Waals surface area contributed by atoms with Gasteiger partial charge in [0.25, 0.3) is 0 Å². The monoisotopic (exact) mass is 374 g/mol. The number of benzene rings is 2. The maximum atomic E-state index is 13.0. The number of sulfonamides is 1. The molecule has 2 aromatic carbocycles. The summed E-state index contributed by atoms with van der Waals surface area (Å²) in [6.07, 6.45) is 0. The predicted octanol–water partition coefficient (Wildman–Crippen LogP) is 3.13. The first kappa shape index (κ1) is 18.7. The van der Waals surface area contributed by atoms with Crippen LogP contribution in [0.2, 0.25) is 0 Å². The van der Waals surface area contributed by atoms with Crippen LogP contribution in [0.3, 0.4) is 0 Å². The Bertz CT molecular complexity index is 901. The lowest BCUT2D eigenvalue weighted by Gasteiger charge is -2.35. The first-order valence-electron chi connectivity index (χ1n) is 8.80. The SMILES string of the molecule is COc1cc(C)ccc1S(=O)(=O)N1CCN(c2ccc(C)c(C)c2)CC1. The topological polar surface area (TPSA) is 49.9 Å². The summed E-state index contributed by atoms with van der Waals surface area (Å²) in [6, 6.07) is 11.6. The normalized spacial score (nSPS) is 15.9. The highest BCUT2D eigenvalue weighted by Gasteiger charge is 2.31. The number of anilines is 1. The van der Waals surface area contributed by atoms with Crippen molar-refractivity contribution in [3.63, 3.8) is 0 Å². The zero-order valence-corrected chi connectivity index (χ0v) is 16.6. The minimum Gasteiger partial charge on any atom is -0.495 e. The summed E-state index contributed by atoms with van der Waals surface area (Å²) in [7, 11) is -2.05. The molecule has 0 N–H and O–H groups in total. The van der Waals surface area contributed by atoms with Crippen molar-refractivity contribution < 1.29 is 13.2 Å². The molecule has 140 valence electrons. The number of nitrogens with zero attached hydrogens (tertiary/aromatic N) is 2. The molecule has 0 amide bonds. The van der Waals surface area contributed by atoms with Crippen molar-refractivity contribution in [2.45, 2.75) is 25.7 Å². The maximum Gasteiger partial charge on any atom is 0.246 e. The standard InChI is InChI=1S/C20H26N2O3S/c1-15-5-8-20(19(13-15)25-4)26(23,24)22-11-9-21(10-12-22)18-7-6-16(2)17(3)14-18/h5-8,13-14H,9-12H2,1-4H3. The molecule has 0 aliphatic carbocycles. The van der Waals surface area contributed by atoms with Gasteiger partial charge in [0.15, 0.2) is 0 Å². The van der Waals surface area contributed by atoms with Crippen LogP contribution in [0, 0.1) is 20.8 Å². The van der Waals surface area contributed by atoms with Crippen molar-refractivity contribution in [3.8, 4) is 5.75 Å². The van der Waals surface area contributed by atoms with E-state index >= 15 is 0 Å². The van der Waals surface area contributed by atoms with Gasteiger partial charge >= 0.3 is 0 Å². The van der Waals surface area contributed by atoms with Crippen LogP contribution in [0.15, 0.2) is 41.3 Å². The predicted molar refractivity (Wildman–Crippen MR) is 105 cm³/mol. The van der Waals surface area contributed by atoms with E-state index in [-0.39, 0.29) is 4.90 Å². The molecule has 26 heavy (non-hydrogen) atoms. The molecule has 5 nitrogen and oxygen atoms in total. The second-order valence-electron chi connectivity index (χ2n) is 6.81. The molecule has 0 unspecified atom stereocenters. The third-order valence-corrected chi connectivity index (χ3v) is 6.97. The summed E-state index contributed by atoms with van der Waals surface area (Å²) in [6.45, 7) is 8.40. The van der Waals surface area contributed by atoms with Gasteiger partial charge in [0.2, 0.25) is 10.0 Å². The van der Waals surface area contributed by atoms with Crippen LogP contribution in [0.25, 0.3) is 0 Å². The smallest absolute Gasteiger partial charge is 0.246 e. The number of piperazine rings is 1. The Kier molecular flexibility index (Phi) is 5.25. The van der Waals surface area contributed by atoms with E-state index in [1.807, 2.05) is 6.92 Å².